The quantitative estimate of drug-likeness (QED) is 0.587. The summed E-state index contributed by atoms with van der Waals surface area (Å²) in [5.74, 6) is 0.582. The highest BCUT2D eigenvalue weighted by atomic mass is 16.5. The fraction of sp³-hybridized carbons (Fsp3) is 0.900. The molecular formula is C10H20N2O. The van der Waals surface area contributed by atoms with Gasteiger partial charge in [-0.25, -0.2) is 0 Å². The van der Waals surface area contributed by atoms with E-state index >= 15 is 0 Å². The minimum atomic E-state index is -0.0253. The van der Waals surface area contributed by atoms with E-state index in [1.807, 2.05) is 18.9 Å². The van der Waals surface area contributed by atoms with Gasteiger partial charge in [-0.2, -0.15) is 5.26 Å². The normalized spacial score (nSPS) is 13.3. The summed E-state index contributed by atoms with van der Waals surface area (Å²) in [4.78, 5) is 1.99. The zero-order valence-electron chi connectivity index (χ0n) is 9.08. The van der Waals surface area contributed by atoms with Gasteiger partial charge in [0.05, 0.1) is 18.7 Å². The lowest BCUT2D eigenvalue weighted by molar-refractivity contribution is 0.0881. The Labute approximate surface area is 81.3 Å². The Balaban J connectivity index is 3.38. The predicted octanol–water partition coefficient (Wildman–Crippen LogP) is 1.50. The van der Waals surface area contributed by atoms with Gasteiger partial charge in [0, 0.05) is 13.2 Å². The van der Waals surface area contributed by atoms with E-state index in [1.54, 1.807) is 0 Å². The van der Waals surface area contributed by atoms with Crippen molar-refractivity contribution >= 4 is 0 Å². The molecule has 0 aliphatic rings. The van der Waals surface area contributed by atoms with E-state index in [9.17, 15) is 0 Å². The zero-order chi connectivity index (χ0) is 10.3. The Morgan fingerprint density at radius 2 is 2.00 bits per heavy atom. The Hall–Kier alpha value is -0.590. The fourth-order valence-electron chi connectivity index (χ4n) is 0.820. The first-order chi connectivity index (χ1) is 6.07. The van der Waals surface area contributed by atoms with E-state index in [-0.39, 0.29) is 6.04 Å². The molecule has 0 aliphatic carbocycles. The van der Waals surface area contributed by atoms with Crippen molar-refractivity contribution < 1.29 is 4.74 Å². The lowest BCUT2D eigenvalue weighted by Crippen LogP contribution is -2.31. The van der Waals surface area contributed by atoms with E-state index < -0.39 is 0 Å². The number of nitriles is 1. The molecule has 3 nitrogen and oxygen atoms in total. The second kappa shape index (κ2) is 6.88. The first-order valence-electron chi connectivity index (χ1n) is 4.75. The Morgan fingerprint density at radius 3 is 2.46 bits per heavy atom. The van der Waals surface area contributed by atoms with Crippen LogP contribution in [0.15, 0.2) is 0 Å². The summed E-state index contributed by atoms with van der Waals surface area (Å²) >= 11 is 0. The molecule has 0 saturated carbocycles. The summed E-state index contributed by atoms with van der Waals surface area (Å²) in [6, 6.07) is 2.16. The average molecular weight is 184 g/mol. The van der Waals surface area contributed by atoms with E-state index in [4.69, 9.17) is 10.00 Å². The monoisotopic (exact) mass is 184 g/mol. The van der Waals surface area contributed by atoms with Crippen LogP contribution < -0.4 is 0 Å². The maximum Gasteiger partial charge on any atom is 0.0947 e. The molecule has 0 aromatic carbocycles. The molecule has 76 valence electrons. The minimum absolute atomic E-state index is 0.0253. The molecule has 1 unspecified atom stereocenters. The predicted molar refractivity (Wildman–Crippen MR) is 53.4 cm³/mol. The number of hydrogen-bond acceptors (Lipinski definition) is 3. The van der Waals surface area contributed by atoms with Gasteiger partial charge in [0.15, 0.2) is 0 Å². The van der Waals surface area contributed by atoms with Gasteiger partial charge in [-0.1, -0.05) is 13.8 Å². The van der Waals surface area contributed by atoms with Crippen molar-refractivity contribution in [2.45, 2.75) is 26.8 Å². The van der Waals surface area contributed by atoms with Crippen LogP contribution in [0.1, 0.15) is 20.8 Å². The lowest BCUT2D eigenvalue weighted by atomic mass is 10.2. The maximum atomic E-state index is 8.62. The van der Waals surface area contributed by atoms with E-state index in [0.29, 0.717) is 12.5 Å². The standard InChI is InChI=1S/C10H20N2O/c1-9(2)8-13-6-5-12(4)10(3)7-11/h9-10H,5-6,8H2,1-4H3. The van der Waals surface area contributed by atoms with Crippen LogP contribution >= 0.6 is 0 Å². The highest BCUT2D eigenvalue weighted by molar-refractivity contribution is 4.86. The maximum absolute atomic E-state index is 8.62. The van der Waals surface area contributed by atoms with Crippen molar-refractivity contribution in [3.8, 4) is 6.07 Å². The van der Waals surface area contributed by atoms with Crippen molar-refractivity contribution in [1.29, 1.82) is 5.26 Å². The summed E-state index contributed by atoms with van der Waals surface area (Å²) in [5.41, 5.74) is 0. The first kappa shape index (κ1) is 12.4. The van der Waals surface area contributed by atoms with Crippen molar-refractivity contribution in [2.24, 2.45) is 5.92 Å². The van der Waals surface area contributed by atoms with E-state index in [0.717, 1.165) is 13.2 Å². The molecule has 0 amide bonds. The van der Waals surface area contributed by atoms with Crippen LogP contribution in [-0.4, -0.2) is 37.7 Å². The Bertz CT molecular complexity index is 163. The van der Waals surface area contributed by atoms with Gasteiger partial charge in [0.2, 0.25) is 0 Å². The highest BCUT2D eigenvalue weighted by Gasteiger charge is 2.06. The Kier molecular flexibility index (Phi) is 6.56. The highest BCUT2D eigenvalue weighted by Crippen LogP contribution is 1.95. The number of hydrogen-bond donors (Lipinski definition) is 0. The van der Waals surface area contributed by atoms with Gasteiger partial charge >= 0.3 is 0 Å². The second-order valence-corrected chi connectivity index (χ2v) is 3.75. The molecule has 0 fully saturated rings. The zero-order valence-corrected chi connectivity index (χ0v) is 9.08. The van der Waals surface area contributed by atoms with Crippen LogP contribution in [0.3, 0.4) is 0 Å². The van der Waals surface area contributed by atoms with Crippen LogP contribution in [0.5, 0.6) is 0 Å². The average Bonchev–Trinajstić information content (AvgIpc) is 2.10. The lowest BCUT2D eigenvalue weighted by Gasteiger charge is -2.18. The third-order valence-corrected chi connectivity index (χ3v) is 1.89. The van der Waals surface area contributed by atoms with E-state index in [2.05, 4.69) is 19.9 Å². The van der Waals surface area contributed by atoms with Crippen LogP contribution in [0.25, 0.3) is 0 Å². The van der Waals surface area contributed by atoms with Gasteiger partial charge < -0.3 is 4.74 Å². The van der Waals surface area contributed by atoms with Crippen LogP contribution in [0.4, 0.5) is 0 Å². The van der Waals surface area contributed by atoms with Gasteiger partial charge in [-0.15, -0.1) is 0 Å². The van der Waals surface area contributed by atoms with E-state index in [1.165, 1.54) is 0 Å². The topological polar surface area (TPSA) is 36.3 Å². The number of nitrogens with zero attached hydrogens (tertiary/aromatic N) is 2. The Morgan fingerprint density at radius 1 is 1.38 bits per heavy atom. The molecule has 0 N–H and O–H groups in total. The fourth-order valence-corrected chi connectivity index (χ4v) is 0.820. The summed E-state index contributed by atoms with van der Waals surface area (Å²) < 4.78 is 5.41. The number of likely N-dealkylation sites (N-methyl/N-ethyl adjacent to an activating group) is 1. The number of ether oxygens (including phenoxy) is 1. The molecule has 0 rings (SSSR count). The van der Waals surface area contributed by atoms with Gasteiger partial charge in [0.1, 0.15) is 0 Å². The molecule has 0 aromatic rings. The second-order valence-electron chi connectivity index (χ2n) is 3.75. The van der Waals surface area contributed by atoms with Crippen molar-refractivity contribution in [3.63, 3.8) is 0 Å². The van der Waals surface area contributed by atoms with Crippen LogP contribution in [-0.2, 0) is 4.74 Å². The molecule has 0 bridgehead atoms. The smallest absolute Gasteiger partial charge is 0.0947 e. The largest absolute Gasteiger partial charge is 0.380 e. The van der Waals surface area contributed by atoms with Gasteiger partial charge in [-0.3, -0.25) is 4.90 Å². The molecular weight excluding hydrogens is 164 g/mol. The molecule has 13 heavy (non-hydrogen) atoms. The molecule has 3 heteroatoms. The van der Waals surface area contributed by atoms with Gasteiger partial charge in [0.25, 0.3) is 0 Å². The third kappa shape index (κ3) is 6.56. The molecule has 0 saturated heterocycles. The summed E-state index contributed by atoms with van der Waals surface area (Å²) in [5, 5.41) is 8.62. The first-order valence-corrected chi connectivity index (χ1v) is 4.75. The molecule has 0 aromatic heterocycles. The van der Waals surface area contributed by atoms with Gasteiger partial charge in [-0.05, 0) is 19.9 Å². The number of rotatable bonds is 6. The molecule has 0 radical (unpaired) electrons. The van der Waals surface area contributed by atoms with Crippen molar-refractivity contribution in [3.05, 3.63) is 0 Å². The van der Waals surface area contributed by atoms with Crippen molar-refractivity contribution in [2.75, 3.05) is 26.8 Å². The van der Waals surface area contributed by atoms with Crippen LogP contribution in [0.2, 0.25) is 0 Å². The van der Waals surface area contributed by atoms with Crippen molar-refractivity contribution in [1.82, 2.24) is 4.90 Å². The molecule has 0 spiro atoms. The molecule has 1 atom stereocenters. The van der Waals surface area contributed by atoms with Crippen LogP contribution in [0, 0.1) is 17.2 Å². The summed E-state index contributed by atoms with van der Waals surface area (Å²) in [6.07, 6.45) is 0. The molecule has 0 aliphatic heterocycles. The summed E-state index contributed by atoms with van der Waals surface area (Å²) in [6.45, 7) is 8.47. The summed E-state index contributed by atoms with van der Waals surface area (Å²) in [7, 11) is 1.94. The molecule has 0 heterocycles. The third-order valence-electron chi connectivity index (χ3n) is 1.89. The minimum Gasteiger partial charge on any atom is -0.380 e. The SMILES string of the molecule is CC(C)COCCN(C)C(C)C#N.